The first-order valence-corrected chi connectivity index (χ1v) is 8.07. The fraction of sp³-hybridized carbons (Fsp3) is 0.353. The summed E-state index contributed by atoms with van der Waals surface area (Å²) in [5, 5.41) is 23.2. The van der Waals surface area contributed by atoms with Gasteiger partial charge in [0.25, 0.3) is 0 Å². The highest BCUT2D eigenvalue weighted by atomic mass is 16.5. The zero-order valence-electron chi connectivity index (χ0n) is 13.4. The van der Waals surface area contributed by atoms with Gasteiger partial charge in [-0.15, -0.1) is 0 Å². The van der Waals surface area contributed by atoms with Gasteiger partial charge in [0.15, 0.2) is 0 Å². The molecule has 1 fully saturated rings. The Morgan fingerprint density at radius 2 is 2.12 bits per heavy atom. The fourth-order valence-corrected chi connectivity index (χ4v) is 3.09. The fourth-order valence-electron chi connectivity index (χ4n) is 3.09. The number of aliphatic hydroxyl groups is 2. The summed E-state index contributed by atoms with van der Waals surface area (Å²) in [5.74, 6) is 2.17. The summed E-state index contributed by atoms with van der Waals surface area (Å²) in [7, 11) is 0. The number of hydrogen-bond acceptors (Lipinski definition) is 8. The molecule has 0 unspecified atom stereocenters. The monoisotopic (exact) mass is 342 g/mol. The number of aromatic nitrogens is 3. The zero-order valence-corrected chi connectivity index (χ0v) is 13.4. The Labute approximate surface area is 143 Å². The average Bonchev–Trinajstić information content (AvgIpc) is 3.36. The van der Waals surface area contributed by atoms with Crippen LogP contribution in [0.5, 0.6) is 0 Å². The molecule has 8 heteroatoms. The van der Waals surface area contributed by atoms with Gasteiger partial charge in [-0.1, -0.05) is 5.16 Å². The van der Waals surface area contributed by atoms with E-state index in [1.54, 1.807) is 18.5 Å². The van der Waals surface area contributed by atoms with Gasteiger partial charge in [0, 0.05) is 24.5 Å². The van der Waals surface area contributed by atoms with Crippen LogP contribution in [0.15, 0.2) is 45.6 Å². The molecule has 0 saturated carbocycles. The highest BCUT2D eigenvalue weighted by molar-refractivity contribution is 5.51. The van der Waals surface area contributed by atoms with Crippen molar-refractivity contribution in [3.8, 4) is 11.4 Å². The second-order valence-electron chi connectivity index (χ2n) is 6.06. The highest BCUT2D eigenvalue weighted by Gasteiger charge is 2.36. The van der Waals surface area contributed by atoms with E-state index in [-0.39, 0.29) is 12.6 Å². The molecule has 2 atom stereocenters. The van der Waals surface area contributed by atoms with E-state index in [2.05, 4.69) is 15.1 Å². The third-order valence-electron chi connectivity index (χ3n) is 4.26. The Morgan fingerprint density at radius 1 is 1.24 bits per heavy atom. The van der Waals surface area contributed by atoms with Crippen molar-refractivity contribution >= 4 is 0 Å². The lowest BCUT2D eigenvalue weighted by atomic mass is 10.2. The minimum Gasteiger partial charge on any atom is -0.462 e. The molecule has 0 aliphatic carbocycles. The van der Waals surface area contributed by atoms with Gasteiger partial charge in [0.1, 0.15) is 18.1 Å². The van der Waals surface area contributed by atoms with Gasteiger partial charge in [-0.2, -0.15) is 4.98 Å². The quantitative estimate of drug-likeness (QED) is 0.718. The number of nitrogens with zero attached hydrogens (tertiary/aromatic N) is 4. The number of pyridine rings is 1. The van der Waals surface area contributed by atoms with Crippen LogP contribution in [-0.4, -0.2) is 42.9 Å². The molecule has 0 aromatic carbocycles. The molecule has 4 rings (SSSR count). The molecule has 1 saturated heterocycles. The standard InChI is InChI=1S/C17H18N4O4/c22-10-14-4-3-13(24-14)9-21-8-12(23)6-15(21)17-19-16(20-25-17)11-2-1-5-18-7-11/h1-5,7,12,15,22-23H,6,8-10H2/t12-,15+/m1/s1. The van der Waals surface area contributed by atoms with Crippen molar-refractivity contribution in [2.75, 3.05) is 6.54 Å². The van der Waals surface area contributed by atoms with Crippen LogP contribution in [0.1, 0.15) is 29.9 Å². The van der Waals surface area contributed by atoms with Crippen LogP contribution in [0.4, 0.5) is 0 Å². The summed E-state index contributed by atoms with van der Waals surface area (Å²) in [6.07, 6.45) is 3.41. The first-order chi connectivity index (χ1) is 12.2. The van der Waals surface area contributed by atoms with Crippen LogP contribution in [0, 0.1) is 0 Å². The number of aliphatic hydroxyl groups excluding tert-OH is 2. The Morgan fingerprint density at radius 3 is 2.88 bits per heavy atom. The van der Waals surface area contributed by atoms with Crippen molar-refractivity contribution < 1.29 is 19.2 Å². The summed E-state index contributed by atoms with van der Waals surface area (Å²) >= 11 is 0. The molecule has 25 heavy (non-hydrogen) atoms. The van der Waals surface area contributed by atoms with Gasteiger partial charge in [-0.3, -0.25) is 9.88 Å². The van der Waals surface area contributed by atoms with Crippen molar-refractivity contribution in [1.82, 2.24) is 20.0 Å². The largest absolute Gasteiger partial charge is 0.462 e. The van der Waals surface area contributed by atoms with Gasteiger partial charge in [-0.25, -0.2) is 0 Å². The number of β-amino-alcohol motifs (C(OH)–C–C–N with tert-alkyl or cyclic N) is 1. The molecule has 0 spiro atoms. The van der Waals surface area contributed by atoms with Gasteiger partial charge < -0.3 is 19.2 Å². The number of likely N-dealkylation sites (tertiary alicyclic amines) is 1. The van der Waals surface area contributed by atoms with Crippen LogP contribution in [-0.2, 0) is 13.2 Å². The number of furan rings is 1. The first kappa shape index (κ1) is 15.9. The van der Waals surface area contributed by atoms with Crippen molar-refractivity contribution in [1.29, 1.82) is 0 Å². The summed E-state index contributed by atoms with van der Waals surface area (Å²) < 4.78 is 11.0. The molecule has 0 amide bonds. The smallest absolute Gasteiger partial charge is 0.244 e. The Bertz CT molecular complexity index is 832. The molecule has 1 aliphatic heterocycles. The number of rotatable bonds is 5. The maximum atomic E-state index is 10.1. The molecule has 0 bridgehead atoms. The minimum absolute atomic E-state index is 0.135. The highest BCUT2D eigenvalue weighted by Crippen LogP contribution is 2.33. The third kappa shape index (κ3) is 3.32. The molecule has 4 heterocycles. The Balaban J connectivity index is 1.54. The van der Waals surface area contributed by atoms with Crippen molar-refractivity contribution in [3.63, 3.8) is 0 Å². The SMILES string of the molecule is OCc1ccc(CN2C[C@H](O)C[C@H]2c2nc(-c3cccnc3)no2)o1. The molecule has 8 nitrogen and oxygen atoms in total. The Hall–Kier alpha value is -2.55. The predicted octanol–water partition coefficient (Wildman–Crippen LogP) is 1.52. The van der Waals surface area contributed by atoms with Gasteiger partial charge >= 0.3 is 0 Å². The lowest BCUT2D eigenvalue weighted by molar-refractivity contribution is 0.160. The first-order valence-electron chi connectivity index (χ1n) is 8.07. The van der Waals surface area contributed by atoms with Crippen LogP contribution in [0.25, 0.3) is 11.4 Å². The predicted molar refractivity (Wildman–Crippen MR) is 85.9 cm³/mol. The summed E-state index contributed by atoms with van der Waals surface area (Å²) in [6.45, 7) is 0.848. The van der Waals surface area contributed by atoms with Crippen molar-refractivity contribution in [2.24, 2.45) is 0 Å². The zero-order chi connectivity index (χ0) is 17.2. The van der Waals surface area contributed by atoms with E-state index in [0.29, 0.717) is 37.0 Å². The molecule has 0 radical (unpaired) electrons. The van der Waals surface area contributed by atoms with Crippen LogP contribution >= 0.6 is 0 Å². The van der Waals surface area contributed by atoms with E-state index in [1.807, 2.05) is 23.1 Å². The molecule has 1 aliphatic rings. The summed E-state index contributed by atoms with van der Waals surface area (Å²) in [4.78, 5) is 10.6. The molecular formula is C17H18N4O4. The molecular weight excluding hydrogens is 324 g/mol. The second-order valence-corrected chi connectivity index (χ2v) is 6.06. The molecule has 3 aromatic heterocycles. The van der Waals surface area contributed by atoms with E-state index < -0.39 is 6.10 Å². The lowest BCUT2D eigenvalue weighted by Crippen LogP contribution is -2.24. The lowest BCUT2D eigenvalue weighted by Gasteiger charge is -2.19. The second kappa shape index (κ2) is 6.75. The van der Waals surface area contributed by atoms with Gasteiger partial charge in [0.2, 0.25) is 11.7 Å². The van der Waals surface area contributed by atoms with Crippen LogP contribution in [0.3, 0.4) is 0 Å². The van der Waals surface area contributed by atoms with E-state index in [0.717, 1.165) is 11.3 Å². The maximum Gasteiger partial charge on any atom is 0.244 e. The summed E-state index contributed by atoms with van der Waals surface area (Å²) in [6, 6.07) is 7.05. The van der Waals surface area contributed by atoms with Gasteiger partial charge in [-0.05, 0) is 30.7 Å². The van der Waals surface area contributed by atoms with E-state index in [1.165, 1.54) is 0 Å². The average molecular weight is 342 g/mol. The minimum atomic E-state index is -0.467. The molecule has 2 N–H and O–H groups in total. The van der Waals surface area contributed by atoms with Gasteiger partial charge in [0.05, 0.1) is 18.7 Å². The normalized spacial score (nSPS) is 21.0. The van der Waals surface area contributed by atoms with Crippen LogP contribution < -0.4 is 0 Å². The van der Waals surface area contributed by atoms with Crippen molar-refractivity contribution in [2.45, 2.75) is 31.7 Å². The van der Waals surface area contributed by atoms with E-state index in [9.17, 15) is 5.11 Å². The maximum absolute atomic E-state index is 10.1. The van der Waals surface area contributed by atoms with Crippen molar-refractivity contribution in [3.05, 3.63) is 54.1 Å². The van der Waals surface area contributed by atoms with E-state index >= 15 is 0 Å². The molecule has 3 aromatic rings. The van der Waals surface area contributed by atoms with E-state index in [4.69, 9.17) is 14.0 Å². The topological polar surface area (TPSA) is 109 Å². The third-order valence-corrected chi connectivity index (χ3v) is 4.26. The summed E-state index contributed by atoms with van der Waals surface area (Å²) in [5.41, 5.74) is 0.779. The molecule has 130 valence electrons. The Kier molecular flexibility index (Phi) is 4.31. The van der Waals surface area contributed by atoms with Crippen LogP contribution in [0.2, 0.25) is 0 Å². The number of hydrogen-bond donors (Lipinski definition) is 2.